The van der Waals surface area contributed by atoms with Crippen LogP contribution >= 0.6 is 0 Å². The maximum absolute atomic E-state index is 13.2. The first kappa shape index (κ1) is 25.2. The van der Waals surface area contributed by atoms with Crippen molar-refractivity contribution in [1.29, 1.82) is 0 Å². The zero-order chi connectivity index (χ0) is 25.1. The van der Waals surface area contributed by atoms with Gasteiger partial charge in [0.1, 0.15) is 5.82 Å². The van der Waals surface area contributed by atoms with Gasteiger partial charge in [-0.1, -0.05) is 30.3 Å². The fourth-order valence-electron chi connectivity index (χ4n) is 4.51. The second-order valence-corrected chi connectivity index (χ2v) is 8.87. The zero-order valence-corrected chi connectivity index (χ0v) is 18.8. The Morgan fingerprint density at radius 1 is 0.914 bits per heavy atom. The largest absolute Gasteiger partial charge is 0.416 e. The Labute approximate surface area is 198 Å². The zero-order valence-electron chi connectivity index (χ0n) is 18.8. The van der Waals surface area contributed by atoms with Crippen molar-refractivity contribution in [2.45, 2.75) is 43.8 Å². The Balaban J connectivity index is 1.49. The number of piperidine rings is 1. The third-order valence-electron chi connectivity index (χ3n) is 6.42. The van der Waals surface area contributed by atoms with E-state index in [0.29, 0.717) is 6.54 Å². The van der Waals surface area contributed by atoms with Gasteiger partial charge in [-0.15, -0.1) is 0 Å². The number of rotatable bonds is 7. The highest BCUT2D eigenvalue weighted by Gasteiger charge is 2.38. The molecule has 0 saturated carbocycles. The minimum Gasteiger partial charge on any atom is -0.376 e. The average Bonchev–Trinajstić information content (AvgIpc) is 3.33. The monoisotopic (exact) mass is 497 g/mol. The number of likely N-dealkylation sites (tertiary alicyclic amines) is 1. The fraction of sp³-hybridized carbons (Fsp3) is 0.400. The number of hydrogen-bond acceptors (Lipinski definition) is 3. The lowest BCUT2D eigenvalue weighted by Gasteiger charge is -2.42. The number of imidazole rings is 1. The molecular formula is C25H25F6N3O. The summed E-state index contributed by atoms with van der Waals surface area (Å²) >= 11 is 0. The molecule has 35 heavy (non-hydrogen) atoms. The fourth-order valence-corrected chi connectivity index (χ4v) is 4.51. The highest BCUT2D eigenvalue weighted by molar-refractivity contribution is 5.33. The maximum atomic E-state index is 13.2. The smallest absolute Gasteiger partial charge is 0.376 e. The molecule has 188 valence electrons. The van der Waals surface area contributed by atoms with Gasteiger partial charge in [-0.2, -0.15) is 26.3 Å². The van der Waals surface area contributed by atoms with E-state index in [9.17, 15) is 26.3 Å². The molecule has 0 aliphatic carbocycles. The van der Waals surface area contributed by atoms with Gasteiger partial charge >= 0.3 is 12.4 Å². The summed E-state index contributed by atoms with van der Waals surface area (Å²) in [5.41, 5.74) is -2.19. The van der Waals surface area contributed by atoms with Gasteiger partial charge in [0.2, 0.25) is 0 Å². The number of alkyl halides is 6. The van der Waals surface area contributed by atoms with Gasteiger partial charge in [0, 0.05) is 17.8 Å². The second kappa shape index (κ2) is 10.0. The Hall–Kier alpha value is -2.85. The second-order valence-electron chi connectivity index (χ2n) is 8.87. The number of nitrogens with zero attached hydrogens (tertiary/aromatic N) is 2. The lowest BCUT2D eigenvalue weighted by Crippen LogP contribution is -2.45. The molecule has 1 aromatic heterocycles. The SMILES string of the molecule is FC(F)(F)c1cc(COCC2(c3ccccc3)CCN(Cc3ncc[nH]3)CC2)cc(C(F)(F)F)c1. The van der Waals surface area contributed by atoms with Crippen molar-refractivity contribution < 1.29 is 31.1 Å². The molecule has 0 unspecified atom stereocenters. The average molecular weight is 497 g/mol. The number of H-pyrrole nitrogens is 1. The van der Waals surface area contributed by atoms with Gasteiger partial charge in [0.15, 0.2) is 0 Å². The van der Waals surface area contributed by atoms with Crippen LogP contribution < -0.4 is 0 Å². The molecule has 1 aliphatic heterocycles. The third kappa shape index (κ3) is 6.24. The molecule has 1 N–H and O–H groups in total. The van der Waals surface area contributed by atoms with Crippen molar-refractivity contribution in [2.24, 2.45) is 0 Å². The molecule has 10 heteroatoms. The predicted molar refractivity (Wildman–Crippen MR) is 117 cm³/mol. The van der Waals surface area contributed by atoms with E-state index >= 15 is 0 Å². The van der Waals surface area contributed by atoms with Crippen LogP contribution in [0.25, 0.3) is 0 Å². The van der Waals surface area contributed by atoms with Crippen molar-refractivity contribution in [3.8, 4) is 0 Å². The Kier molecular flexibility index (Phi) is 7.23. The number of benzene rings is 2. The summed E-state index contributed by atoms with van der Waals surface area (Å²) in [6.45, 7) is 2.01. The minimum absolute atomic E-state index is 0.129. The van der Waals surface area contributed by atoms with E-state index in [1.165, 1.54) is 0 Å². The molecule has 0 spiro atoms. The molecule has 2 aromatic carbocycles. The summed E-state index contributed by atoms with van der Waals surface area (Å²) in [7, 11) is 0. The van der Waals surface area contributed by atoms with Crippen LogP contribution in [0.1, 0.15) is 40.9 Å². The topological polar surface area (TPSA) is 41.1 Å². The van der Waals surface area contributed by atoms with Gasteiger partial charge in [0.25, 0.3) is 0 Å². The van der Waals surface area contributed by atoms with E-state index in [0.717, 1.165) is 49.5 Å². The molecule has 4 rings (SSSR count). The van der Waals surface area contributed by atoms with Crippen LogP contribution in [-0.4, -0.2) is 34.6 Å². The molecular weight excluding hydrogens is 472 g/mol. The van der Waals surface area contributed by atoms with Gasteiger partial charge in [0.05, 0.1) is 30.9 Å². The minimum atomic E-state index is -4.89. The predicted octanol–water partition coefficient (Wildman–Crippen LogP) is 6.20. The van der Waals surface area contributed by atoms with Crippen LogP contribution in [0.4, 0.5) is 26.3 Å². The number of aromatic nitrogens is 2. The van der Waals surface area contributed by atoms with Crippen LogP contribution in [0.15, 0.2) is 60.9 Å². The molecule has 3 aromatic rings. The molecule has 0 bridgehead atoms. The lowest BCUT2D eigenvalue weighted by molar-refractivity contribution is -0.143. The van der Waals surface area contributed by atoms with Crippen molar-refractivity contribution in [1.82, 2.24) is 14.9 Å². The summed E-state index contributed by atoms with van der Waals surface area (Å²) in [6, 6.07) is 11.3. The summed E-state index contributed by atoms with van der Waals surface area (Å²) in [6.07, 6.45) is -4.86. The van der Waals surface area contributed by atoms with E-state index in [-0.39, 0.29) is 24.8 Å². The molecule has 0 atom stereocenters. The standard InChI is InChI=1S/C25H25F6N3O/c26-24(27,28)20-12-18(13-21(14-20)25(29,30)31)16-35-17-23(19-4-2-1-3-5-19)6-10-34(11-7-23)15-22-32-8-9-33-22/h1-5,8-9,12-14H,6-7,10-11,15-17H2,(H,32,33). The Bertz CT molecular complexity index is 1060. The Morgan fingerprint density at radius 3 is 2.09 bits per heavy atom. The van der Waals surface area contributed by atoms with E-state index in [1.54, 1.807) is 12.4 Å². The van der Waals surface area contributed by atoms with Gasteiger partial charge in [-0.3, -0.25) is 4.90 Å². The Morgan fingerprint density at radius 2 is 1.54 bits per heavy atom. The number of ether oxygens (including phenoxy) is 1. The van der Waals surface area contributed by atoms with Crippen molar-refractivity contribution in [3.63, 3.8) is 0 Å². The van der Waals surface area contributed by atoms with E-state index in [4.69, 9.17) is 4.74 Å². The first-order chi connectivity index (χ1) is 16.6. The summed E-state index contributed by atoms with van der Waals surface area (Å²) in [5.74, 6) is 0.860. The van der Waals surface area contributed by atoms with E-state index in [1.807, 2.05) is 30.3 Å². The maximum Gasteiger partial charge on any atom is 0.416 e. The first-order valence-corrected chi connectivity index (χ1v) is 11.2. The molecule has 4 nitrogen and oxygen atoms in total. The van der Waals surface area contributed by atoms with Gasteiger partial charge in [-0.05, 0) is 55.3 Å². The molecule has 1 saturated heterocycles. The number of nitrogens with one attached hydrogen (secondary N) is 1. The summed E-state index contributed by atoms with van der Waals surface area (Å²) in [5, 5.41) is 0. The van der Waals surface area contributed by atoms with E-state index in [2.05, 4.69) is 14.9 Å². The van der Waals surface area contributed by atoms with Crippen LogP contribution in [0.2, 0.25) is 0 Å². The lowest BCUT2D eigenvalue weighted by atomic mass is 9.73. The first-order valence-electron chi connectivity index (χ1n) is 11.2. The highest BCUT2D eigenvalue weighted by atomic mass is 19.4. The number of halogens is 6. The molecule has 1 aliphatic rings. The number of hydrogen-bond donors (Lipinski definition) is 1. The third-order valence-corrected chi connectivity index (χ3v) is 6.42. The normalized spacial score (nSPS) is 17.0. The summed E-state index contributed by atoms with van der Waals surface area (Å²) in [4.78, 5) is 9.59. The number of aromatic amines is 1. The molecule has 0 amide bonds. The molecule has 1 fully saturated rings. The molecule has 2 heterocycles. The van der Waals surface area contributed by atoms with Crippen molar-refractivity contribution in [2.75, 3.05) is 19.7 Å². The quantitative estimate of drug-likeness (QED) is 0.396. The van der Waals surface area contributed by atoms with Crippen molar-refractivity contribution >= 4 is 0 Å². The van der Waals surface area contributed by atoms with Crippen LogP contribution in [0.5, 0.6) is 0 Å². The van der Waals surface area contributed by atoms with Crippen LogP contribution in [-0.2, 0) is 35.7 Å². The van der Waals surface area contributed by atoms with E-state index < -0.39 is 28.9 Å². The highest BCUT2D eigenvalue weighted by Crippen LogP contribution is 2.38. The van der Waals surface area contributed by atoms with Gasteiger partial charge < -0.3 is 9.72 Å². The summed E-state index contributed by atoms with van der Waals surface area (Å²) < 4.78 is 84.9. The molecule has 0 radical (unpaired) electrons. The van der Waals surface area contributed by atoms with Crippen molar-refractivity contribution in [3.05, 3.63) is 89.0 Å². The van der Waals surface area contributed by atoms with Gasteiger partial charge in [-0.25, -0.2) is 4.98 Å². The van der Waals surface area contributed by atoms with Crippen LogP contribution in [0, 0.1) is 0 Å². The van der Waals surface area contributed by atoms with Crippen LogP contribution in [0.3, 0.4) is 0 Å².